The van der Waals surface area contributed by atoms with Crippen LogP contribution >= 0.6 is 12.4 Å². The summed E-state index contributed by atoms with van der Waals surface area (Å²) in [5, 5.41) is 0. The van der Waals surface area contributed by atoms with Gasteiger partial charge in [-0.25, -0.2) is 4.98 Å². The van der Waals surface area contributed by atoms with Crippen molar-refractivity contribution in [3.8, 4) is 0 Å². The zero-order valence-electron chi connectivity index (χ0n) is 12.9. The predicted octanol–water partition coefficient (Wildman–Crippen LogP) is 1.60. The number of pyridine rings is 1. The largest absolute Gasteiger partial charge is 0.330 e. The molecule has 1 aliphatic rings. The molecular formula is C16H23ClN4O. The molecule has 120 valence electrons. The number of rotatable bonds is 3. The lowest BCUT2D eigenvalue weighted by Gasteiger charge is -2.30. The van der Waals surface area contributed by atoms with E-state index < -0.39 is 0 Å². The van der Waals surface area contributed by atoms with Crippen molar-refractivity contribution >= 4 is 18.1 Å². The highest BCUT2D eigenvalue weighted by Crippen LogP contribution is 2.17. The zero-order chi connectivity index (χ0) is 14.8. The lowest BCUT2D eigenvalue weighted by molar-refractivity contribution is 0.179. The van der Waals surface area contributed by atoms with Crippen molar-refractivity contribution < 1.29 is 0 Å². The van der Waals surface area contributed by atoms with Gasteiger partial charge in [-0.2, -0.15) is 0 Å². The quantitative estimate of drug-likeness (QED) is 0.932. The molecule has 0 amide bonds. The van der Waals surface area contributed by atoms with Gasteiger partial charge in [0.25, 0.3) is 5.56 Å². The standard InChI is InChI=1S/C16H22N4O.ClH/c1-12-2-3-15-18-14(8-16(21)20(15)10-12)11-19-6-4-13(9-17)5-7-19;/h2-3,8,10,13H,4-7,9,11,17H2,1H3;1H. The number of aryl methyl sites for hydroxylation is 1. The minimum Gasteiger partial charge on any atom is -0.330 e. The molecule has 0 unspecified atom stereocenters. The van der Waals surface area contributed by atoms with E-state index in [-0.39, 0.29) is 18.0 Å². The Morgan fingerprint density at radius 1 is 1.32 bits per heavy atom. The molecule has 0 bridgehead atoms. The number of halogens is 1. The maximum Gasteiger partial charge on any atom is 0.258 e. The Bertz CT molecular complexity index is 692. The molecule has 1 fully saturated rings. The van der Waals surface area contributed by atoms with Gasteiger partial charge in [-0.3, -0.25) is 14.1 Å². The Morgan fingerprint density at radius 2 is 2.05 bits per heavy atom. The summed E-state index contributed by atoms with van der Waals surface area (Å²) >= 11 is 0. The van der Waals surface area contributed by atoms with Crippen LogP contribution in [0.3, 0.4) is 0 Å². The fraction of sp³-hybridized carbons (Fsp3) is 0.500. The van der Waals surface area contributed by atoms with Gasteiger partial charge >= 0.3 is 0 Å². The second kappa shape index (κ2) is 7.22. The smallest absolute Gasteiger partial charge is 0.258 e. The van der Waals surface area contributed by atoms with Gasteiger partial charge in [0.15, 0.2) is 0 Å². The molecule has 1 aliphatic heterocycles. The average Bonchev–Trinajstić information content (AvgIpc) is 2.49. The van der Waals surface area contributed by atoms with Gasteiger partial charge in [-0.1, -0.05) is 6.07 Å². The van der Waals surface area contributed by atoms with Crippen LogP contribution in [0.4, 0.5) is 0 Å². The summed E-state index contributed by atoms with van der Waals surface area (Å²) < 4.78 is 1.61. The van der Waals surface area contributed by atoms with Crippen molar-refractivity contribution in [1.29, 1.82) is 0 Å². The maximum atomic E-state index is 12.2. The Kier molecular flexibility index (Phi) is 5.56. The third-order valence-electron chi connectivity index (χ3n) is 4.29. The first-order valence-electron chi connectivity index (χ1n) is 7.57. The van der Waals surface area contributed by atoms with E-state index in [1.807, 2.05) is 25.3 Å². The van der Waals surface area contributed by atoms with Gasteiger partial charge in [-0.05, 0) is 56.9 Å². The molecule has 0 radical (unpaired) electrons. The number of nitrogens with zero attached hydrogens (tertiary/aromatic N) is 3. The third-order valence-corrected chi connectivity index (χ3v) is 4.29. The van der Waals surface area contributed by atoms with Crippen molar-refractivity contribution in [2.75, 3.05) is 19.6 Å². The highest BCUT2D eigenvalue weighted by atomic mass is 35.5. The molecule has 0 aromatic carbocycles. The Hall–Kier alpha value is -1.43. The third kappa shape index (κ3) is 3.66. The van der Waals surface area contributed by atoms with Crippen molar-refractivity contribution in [2.24, 2.45) is 11.7 Å². The van der Waals surface area contributed by atoms with Crippen LogP contribution in [0.15, 0.2) is 29.2 Å². The minimum atomic E-state index is -0.00413. The topological polar surface area (TPSA) is 63.6 Å². The molecule has 5 nitrogen and oxygen atoms in total. The maximum absolute atomic E-state index is 12.2. The molecule has 2 N–H and O–H groups in total. The van der Waals surface area contributed by atoms with Crippen LogP contribution in [-0.4, -0.2) is 33.9 Å². The van der Waals surface area contributed by atoms with Crippen LogP contribution in [-0.2, 0) is 6.54 Å². The van der Waals surface area contributed by atoms with Crippen LogP contribution in [0.2, 0.25) is 0 Å². The number of piperidine rings is 1. The normalized spacial score (nSPS) is 16.6. The molecule has 6 heteroatoms. The van der Waals surface area contributed by atoms with Crippen molar-refractivity contribution in [3.05, 3.63) is 46.0 Å². The van der Waals surface area contributed by atoms with E-state index in [4.69, 9.17) is 5.73 Å². The number of aromatic nitrogens is 2. The van der Waals surface area contributed by atoms with Crippen LogP contribution in [0, 0.1) is 12.8 Å². The highest BCUT2D eigenvalue weighted by Gasteiger charge is 2.18. The molecular weight excluding hydrogens is 300 g/mol. The molecule has 0 aliphatic carbocycles. The van der Waals surface area contributed by atoms with Gasteiger partial charge in [-0.15, -0.1) is 12.4 Å². The molecule has 2 aromatic heterocycles. The highest BCUT2D eigenvalue weighted by molar-refractivity contribution is 5.85. The summed E-state index contributed by atoms with van der Waals surface area (Å²) in [7, 11) is 0. The van der Waals surface area contributed by atoms with Crippen LogP contribution in [0.5, 0.6) is 0 Å². The molecule has 0 spiro atoms. The fourth-order valence-corrected chi connectivity index (χ4v) is 2.95. The van der Waals surface area contributed by atoms with Crippen molar-refractivity contribution in [1.82, 2.24) is 14.3 Å². The van der Waals surface area contributed by atoms with E-state index >= 15 is 0 Å². The Labute approximate surface area is 136 Å². The summed E-state index contributed by atoms with van der Waals surface area (Å²) in [6.07, 6.45) is 4.12. The van der Waals surface area contributed by atoms with Gasteiger partial charge in [0.05, 0.1) is 5.69 Å². The first kappa shape index (κ1) is 16.9. The summed E-state index contributed by atoms with van der Waals surface area (Å²) in [5.41, 5.74) is 8.35. The molecule has 0 atom stereocenters. The molecule has 2 aromatic rings. The monoisotopic (exact) mass is 322 g/mol. The lowest BCUT2D eigenvalue weighted by atomic mass is 9.97. The van der Waals surface area contributed by atoms with E-state index in [2.05, 4.69) is 9.88 Å². The average molecular weight is 323 g/mol. The second-order valence-corrected chi connectivity index (χ2v) is 5.98. The van der Waals surface area contributed by atoms with E-state index in [0.29, 0.717) is 5.92 Å². The Balaban J connectivity index is 0.00000176. The van der Waals surface area contributed by atoms with Gasteiger partial charge in [0, 0.05) is 18.8 Å². The number of nitrogens with two attached hydrogens (primary N) is 1. The Morgan fingerprint density at radius 3 is 2.73 bits per heavy atom. The van der Waals surface area contributed by atoms with Crippen LogP contribution < -0.4 is 11.3 Å². The molecule has 3 heterocycles. The molecule has 22 heavy (non-hydrogen) atoms. The number of likely N-dealkylation sites (tertiary alicyclic amines) is 1. The van der Waals surface area contributed by atoms with E-state index in [1.54, 1.807) is 10.5 Å². The number of hydrogen-bond acceptors (Lipinski definition) is 4. The SMILES string of the molecule is Cc1ccc2nc(CN3CCC(CN)CC3)cc(=O)n2c1.Cl. The first-order valence-corrected chi connectivity index (χ1v) is 7.57. The van der Waals surface area contributed by atoms with Gasteiger partial charge in [0.2, 0.25) is 0 Å². The summed E-state index contributed by atoms with van der Waals surface area (Å²) in [6, 6.07) is 5.54. The first-order chi connectivity index (χ1) is 10.2. The van der Waals surface area contributed by atoms with Crippen LogP contribution in [0.25, 0.3) is 5.65 Å². The summed E-state index contributed by atoms with van der Waals surface area (Å²) in [6.45, 7) is 5.58. The fourth-order valence-electron chi connectivity index (χ4n) is 2.95. The van der Waals surface area contributed by atoms with Gasteiger partial charge < -0.3 is 5.73 Å². The lowest BCUT2D eigenvalue weighted by Crippen LogP contribution is -2.36. The molecule has 0 saturated carbocycles. The number of fused-ring (bicyclic) bond motifs is 1. The second-order valence-electron chi connectivity index (χ2n) is 5.98. The van der Waals surface area contributed by atoms with E-state index in [1.165, 1.54) is 0 Å². The zero-order valence-corrected chi connectivity index (χ0v) is 13.7. The van der Waals surface area contributed by atoms with E-state index in [0.717, 1.165) is 55.9 Å². The predicted molar refractivity (Wildman–Crippen MR) is 90.5 cm³/mol. The molecule has 3 rings (SSSR count). The minimum absolute atomic E-state index is 0. The summed E-state index contributed by atoms with van der Waals surface area (Å²) in [5.74, 6) is 0.652. The van der Waals surface area contributed by atoms with Crippen molar-refractivity contribution in [2.45, 2.75) is 26.3 Å². The number of hydrogen-bond donors (Lipinski definition) is 1. The van der Waals surface area contributed by atoms with Crippen molar-refractivity contribution in [3.63, 3.8) is 0 Å². The van der Waals surface area contributed by atoms with E-state index in [9.17, 15) is 4.79 Å². The van der Waals surface area contributed by atoms with Gasteiger partial charge in [0.1, 0.15) is 5.65 Å². The van der Waals surface area contributed by atoms with Crippen LogP contribution in [0.1, 0.15) is 24.1 Å². The molecule has 1 saturated heterocycles. The summed E-state index contributed by atoms with van der Waals surface area (Å²) in [4.78, 5) is 19.1.